The Labute approximate surface area is 126 Å². The first-order valence-electron chi connectivity index (χ1n) is 8.05. The van der Waals surface area contributed by atoms with Gasteiger partial charge in [-0.2, -0.15) is 0 Å². The topological polar surface area (TPSA) is 33.7 Å². The molecular weight excluding hydrogens is 264 g/mol. The first-order valence-corrected chi connectivity index (χ1v) is 8.05. The molecule has 3 heterocycles. The van der Waals surface area contributed by atoms with Gasteiger partial charge in [0.2, 0.25) is 0 Å². The number of rotatable bonds is 2. The van der Waals surface area contributed by atoms with Crippen molar-refractivity contribution >= 4 is 0 Å². The molecule has 1 aromatic rings. The Morgan fingerprint density at radius 2 is 2.10 bits per heavy atom. The minimum Gasteiger partial charge on any atom is -0.497 e. The van der Waals surface area contributed by atoms with Gasteiger partial charge >= 0.3 is 0 Å². The lowest BCUT2D eigenvalue weighted by Gasteiger charge is -2.51. The van der Waals surface area contributed by atoms with Crippen LogP contribution >= 0.6 is 0 Å². The molecule has 0 amide bonds. The number of fused-ring (bicyclic) bond motifs is 6. The zero-order chi connectivity index (χ0) is 14.4. The predicted molar refractivity (Wildman–Crippen MR) is 82.1 cm³/mol. The van der Waals surface area contributed by atoms with Gasteiger partial charge in [0.25, 0.3) is 0 Å². The third-order valence-electron chi connectivity index (χ3n) is 5.37. The molecule has 0 aromatic heterocycles. The molecule has 4 nitrogen and oxygen atoms in total. The van der Waals surface area contributed by atoms with Crippen molar-refractivity contribution in [2.45, 2.75) is 43.8 Å². The van der Waals surface area contributed by atoms with Gasteiger partial charge in [-0.25, -0.2) is 0 Å². The quantitative estimate of drug-likeness (QED) is 0.904. The number of ether oxygens (including phenoxy) is 2. The number of hydrogen-bond acceptors (Lipinski definition) is 4. The molecule has 0 radical (unpaired) electrons. The van der Waals surface area contributed by atoms with Crippen molar-refractivity contribution in [1.82, 2.24) is 10.2 Å². The van der Waals surface area contributed by atoms with Gasteiger partial charge in [-0.05, 0) is 30.9 Å². The summed E-state index contributed by atoms with van der Waals surface area (Å²) >= 11 is 0. The van der Waals surface area contributed by atoms with E-state index in [4.69, 9.17) is 9.47 Å². The van der Waals surface area contributed by atoms with E-state index in [1.165, 1.54) is 36.9 Å². The minimum atomic E-state index is 0.464. The summed E-state index contributed by atoms with van der Waals surface area (Å²) in [5.74, 6) is 1.90. The van der Waals surface area contributed by atoms with E-state index in [0.29, 0.717) is 18.1 Å². The van der Waals surface area contributed by atoms with Gasteiger partial charge in [0.1, 0.15) is 11.5 Å². The zero-order valence-electron chi connectivity index (χ0n) is 12.9. The van der Waals surface area contributed by atoms with E-state index in [1.807, 2.05) is 6.07 Å². The first kappa shape index (κ1) is 13.4. The predicted octanol–water partition coefficient (Wildman–Crippen LogP) is 2.13. The summed E-state index contributed by atoms with van der Waals surface area (Å²) in [6.07, 6.45) is 5.04. The van der Waals surface area contributed by atoms with Gasteiger partial charge in [0, 0.05) is 36.8 Å². The fourth-order valence-corrected chi connectivity index (χ4v) is 4.46. The van der Waals surface area contributed by atoms with Crippen LogP contribution in [0.5, 0.6) is 11.5 Å². The Bertz CT molecular complexity index is 529. The summed E-state index contributed by atoms with van der Waals surface area (Å²) in [6, 6.07) is 5.96. The summed E-state index contributed by atoms with van der Waals surface area (Å²) in [6.45, 7) is 2.33. The second-order valence-electron chi connectivity index (χ2n) is 6.49. The highest BCUT2D eigenvalue weighted by atomic mass is 16.5. The summed E-state index contributed by atoms with van der Waals surface area (Å²) in [7, 11) is 3.50. The van der Waals surface area contributed by atoms with E-state index >= 15 is 0 Å². The van der Waals surface area contributed by atoms with Crippen LogP contribution in [0.1, 0.15) is 36.4 Å². The smallest absolute Gasteiger partial charge is 0.127 e. The molecule has 3 atom stereocenters. The molecule has 0 aliphatic carbocycles. The Morgan fingerprint density at radius 3 is 2.90 bits per heavy atom. The third kappa shape index (κ3) is 2.12. The number of methoxy groups -OCH3 is 2. The van der Waals surface area contributed by atoms with E-state index in [1.54, 1.807) is 14.2 Å². The highest BCUT2D eigenvalue weighted by Crippen LogP contribution is 2.44. The molecule has 3 unspecified atom stereocenters. The Balaban J connectivity index is 1.79. The number of nitrogens with zero attached hydrogens (tertiary/aromatic N) is 1. The van der Waals surface area contributed by atoms with E-state index in [0.717, 1.165) is 24.5 Å². The normalized spacial score (nSPS) is 31.2. The fourth-order valence-electron chi connectivity index (χ4n) is 4.46. The largest absolute Gasteiger partial charge is 0.497 e. The SMILES string of the molecule is COc1cc2c(c(OC)c1)C1C3CCCC(CN1CC2)N3. The van der Waals surface area contributed by atoms with Crippen molar-refractivity contribution < 1.29 is 9.47 Å². The molecule has 4 heteroatoms. The second-order valence-corrected chi connectivity index (χ2v) is 6.49. The van der Waals surface area contributed by atoms with Gasteiger partial charge in [-0.15, -0.1) is 0 Å². The maximum absolute atomic E-state index is 5.71. The average molecular weight is 288 g/mol. The molecule has 0 spiro atoms. The van der Waals surface area contributed by atoms with Gasteiger partial charge in [-0.3, -0.25) is 4.90 Å². The number of hydrogen-bond donors (Lipinski definition) is 1. The van der Waals surface area contributed by atoms with E-state index in [9.17, 15) is 0 Å². The maximum atomic E-state index is 5.71. The molecule has 21 heavy (non-hydrogen) atoms. The van der Waals surface area contributed by atoms with Gasteiger partial charge in [0.05, 0.1) is 20.3 Å². The van der Waals surface area contributed by atoms with Crippen LogP contribution in [0.25, 0.3) is 0 Å². The van der Waals surface area contributed by atoms with Crippen LogP contribution in [0.4, 0.5) is 0 Å². The standard InChI is InChI=1S/C17H24N2O2/c1-20-13-8-11-6-7-19-10-12-4-3-5-14(18-12)17(19)16(11)15(9-13)21-2/h8-9,12,14,17-18H,3-7,10H2,1-2H3. The van der Waals surface area contributed by atoms with Crippen LogP contribution in [-0.4, -0.2) is 44.3 Å². The van der Waals surface area contributed by atoms with Crippen LogP contribution < -0.4 is 14.8 Å². The molecule has 1 N–H and O–H groups in total. The summed E-state index contributed by atoms with van der Waals surface area (Å²) in [4.78, 5) is 2.67. The lowest BCUT2D eigenvalue weighted by atomic mass is 9.80. The summed E-state index contributed by atoms with van der Waals surface area (Å²) < 4.78 is 11.1. The number of piperidine rings is 1. The lowest BCUT2D eigenvalue weighted by Crippen LogP contribution is -2.61. The fraction of sp³-hybridized carbons (Fsp3) is 0.647. The number of piperazine rings is 1. The van der Waals surface area contributed by atoms with Crippen molar-refractivity contribution in [3.8, 4) is 11.5 Å². The van der Waals surface area contributed by atoms with Gasteiger partial charge in [0.15, 0.2) is 0 Å². The van der Waals surface area contributed by atoms with Crippen LogP contribution in [0.3, 0.4) is 0 Å². The second kappa shape index (κ2) is 5.18. The van der Waals surface area contributed by atoms with E-state index < -0.39 is 0 Å². The number of benzene rings is 1. The molecule has 2 fully saturated rings. The molecule has 3 aliphatic rings. The van der Waals surface area contributed by atoms with Crippen molar-refractivity contribution in [2.24, 2.45) is 0 Å². The highest BCUT2D eigenvalue weighted by molar-refractivity contribution is 5.50. The summed E-state index contributed by atoms with van der Waals surface area (Å²) in [5.41, 5.74) is 2.79. The zero-order valence-corrected chi connectivity index (χ0v) is 12.9. The monoisotopic (exact) mass is 288 g/mol. The highest BCUT2D eigenvalue weighted by Gasteiger charge is 2.42. The third-order valence-corrected chi connectivity index (χ3v) is 5.37. The minimum absolute atomic E-state index is 0.464. The lowest BCUT2D eigenvalue weighted by molar-refractivity contribution is 0.0523. The van der Waals surface area contributed by atoms with E-state index in [2.05, 4.69) is 16.3 Å². The van der Waals surface area contributed by atoms with E-state index in [-0.39, 0.29) is 0 Å². The Kier molecular flexibility index (Phi) is 3.31. The van der Waals surface area contributed by atoms with Crippen molar-refractivity contribution in [3.05, 3.63) is 23.3 Å². The number of nitrogens with one attached hydrogen (secondary N) is 1. The molecule has 2 bridgehead atoms. The Morgan fingerprint density at radius 1 is 1.19 bits per heavy atom. The molecule has 114 valence electrons. The molecule has 0 saturated carbocycles. The molecule has 2 saturated heterocycles. The van der Waals surface area contributed by atoms with Crippen LogP contribution in [-0.2, 0) is 6.42 Å². The maximum Gasteiger partial charge on any atom is 0.127 e. The molecule has 1 aromatic carbocycles. The molecule has 3 aliphatic heterocycles. The van der Waals surface area contributed by atoms with Crippen molar-refractivity contribution in [1.29, 1.82) is 0 Å². The van der Waals surface area contributed by atoms with Crippen molar-refractivity contribution in [2.75, 3.05) is 27.3 Å². The molecular formula is C17H24N2O2. The van der Waals surface area contributed by atoms with Crippen molar-refractivity contribution in [3.63, 3.8) is 0 Å². The Hall–Kier alpha value is -1.26. The molecule has 4 rings (SSSR count). The van der Waals surface area contributed by atoms with Crippen LogP contribution in [0.15, 0.2) is 12.1 Å². The summed E-state index contributed by atoms with van der Waals surface area (Å²) in [5, 5.41) is 3.84. The van der Waals surface area contributed by atoms with Crippen LogP contribution in [0, 0.1) is 0 Å². The first-order chi connectivity index (χ1) is 10.3. The van der Waals surface area contributed by atoms with Gasteiger partial charge in [-0.1, -0.05) is 6.42 Å². The van der Waals surface area contributed by atoms with Gasteiger partial charge < -0.3 is 14.8 Å². The van der Waals surface area contributed by atoms with Crippen LogP contribution in [0.2, 0.25) is 0 Å². The average Bonchev–Trinajstić information content (AvgIpc) is 2.53.